The van der Waals surface area contributed by atoms with Gasteiger partial charge in [-0.05, 0) is 44.2 Å². The molecule has 0 fully saturated rings. The maximum Gasteiger partial charge on any atom is 0.259 e. The maximum absolute atomic E-state index is 12.8. The van der Waals surface area contributed by atoms with Gasteiger partial charge in [-0.25, -0.2) is 13.4 Å². The smallest absolute Gasteiger partial charge is 0.259 e. The third-order valence-electron chi connectivity index (χ3n) is 4.61. The van der Waals surface area contributed by atoms with Gasteiger partial charge in [0.2, 0.25) is 10.0 Å². The highest BCUT2D eigenvalue weighted by Gasteiger charge is 2.14. The zero-order valence-electron chi connectivity index (χ0n) is 17.1. The zero-order valence-corrected chi connectivity index (χ0v) is 18.8. The Bertz CT molecular complexity index is 1390. The van der Waals surface area contributed by atoms with Gasteiger partial charge in [0.25, 0.3) is 5.91 Å². The molecular weight excluding hydrogens is 432 g/mol. The maximum atomic E-state index is 12.8. The fourth-order valence-corrected chi connectivity index (χ4v) is 4.45. The Morgan fingerprint density at radius 1 is 1.00 bits per heavy atom. The van der Waals surface area contributed by atoms with E-state index in [1.54, 1.807) is 24.3 Å². The molecule has 0 bridgehead atoms. The number of sulfonamides is 1. The van der Waals surface area contributed by atoms with Crippen molar-refractivity contribution in [2.45, 2.75) is 13.8 Å². The van der Waals surface area contributed by atoms with Crippen LogP contribution in [0.2, 0.25) is 0 Å². The van der Waals surface area contributed by atoms with Crippen LogP contribution in [0.4, 0.5) is 10.8 Å². The van der Waals surface area contributed by atoms with Gasteiger partial charge < -0.3 is 0 Å². The van der Waals surface area contributed by atoms with Crippen LogP contribution in [0.3, 0.4) is 0 Å². The number of rotatable bonds is 5. The van der Waals surface area contributed by atoms with Gasteiger partial charge in [0.15, 0.2) is 5.13 Å². The molecule has 4 aromatic rings. The largest absolute Gasteiger partial charge is 0.298 e. The lowest BCUT2D eigenvalue weighted by molar-refractivity contribution is 0.102. The molecule has 158 valence electrons. The number of hydrogen-bond donors (Lipinski definition) is 2. The molecule has 9 heteroatoms. The van der Waals surface area contributed by atoms with Crippen molar-refractivity contribution < 1.29 is 13.2 Å². The first-order valence-corrected chi connectivity index (χ1v) is 12.2. The predicted molar refractivity (Wildman–Crippen MR) is 125 cm³/mol. The van der Waals surface area contributed by atoms with Crippen molar-refractivity contribution in [3.8, 4) is 11.3 Å². The van der Waals surface area contributed by atoms with E-state index in [4.69, 9.17) is 0 Å². The standard InChI is InChI=1S/C22H20N4O3S2/c1-13-4-9-19-16(10-13)11-18(14(2)23-19)21(27)25-22-24-20(12-30-22)15-5-7-17(8-6-15)26-31(3,28)29/h4-12,26H,1-3H3,(H,24,25,27). The van der Waals surface area contributed by atoms with Crippen LogP contribution < -0.4 is 10.0 Å². The van der Waals surface area contributed by atoms with Gasteiger partial charge in [0, 0.05) is 22.0 Å². The molecular formula is C22H20N4O3S2. The number of thiazole rings is 1. The molecule has 1 amide bonds. The number of benzene rings is 2. The van der Waals surface area contributed by atoms with E-state index in [2.05, 4.69) is 20.0 Å². The molecule has 0 radical (unpaired) electrons. The minimum absolute atomic E-state index is 0.262. The van der Waals surface area contributed by atoms with E-state index in [0.717, 1.165) is 28.3 Å². The second kappa shape index (κ2) is 8.09. The molecule has 31 heavy (non-hydrogen) atoms. The van der Waals surface area contributed by atoms with Gasteiger partial charge in [-0.3, -0.25) is 19.8 Å². The summed E-state index contributed by atoms with van der Waals surface area (Å²) >= 11 is 1.32. The van der Waals surface area contributed by atoms with Gasteiger partial charge in [0.05, 0.1) is 28.7 Å². The SMILES string of the molecule is Cc1ccc2nc(C)c(C(=O)Nc3nc(-c4ccc(NS(C)(=O)=O)cc4)cs3)cc2c1. The molecule has 0 saturated heterocycles. The number of fused-ring (bicyclic) bond motifs is 1. The fourth-order valence-electron chi connectivity index (χ4n) is 3.17. The van der Waals surface area contributed by atoms with Crippen molar-refractivity contribution in [3.63, 3.8) is 0 Å². The predicted octanol–water partition coefficient (Wildman–Crippen LogP) is 4.60. The molecule has 0 aliphatic rings. The summed E-state index contributed by atoms with van der Waals surface area (Å²) in [6.45, 7) is 3.81. The van der Waals surface area contributed by atoms with Crippen molar-refractivity contribution >= 4 is 49.0 Å². The summed E-state index contributed by atoms with van der Waals surface area (Å²) in [4.78, 5) is 21.9. The Kier molecular flexibility index (Phi) is 5.47. The van der Waals surface area contributed by atoms with Crippen LogP contribution in [-0.2, 0) is 10.0 Å². The Labute approximate surface area is 184 Å². The molecule has 2 aromatic heterocycles. The van der Waals surface area contributed by atoms with Crippen LogP contribution in [0.25, 0.3) is 22.2 Å². The first kappa shape index (κ1) is 21.0. The third kappa shape index (κ3) is 4.89. The van der Waals surface area contributed by atoms with E-state index in [0.29, 0.717) is 27.8 Å². The van der Waals surface area contributed by atoms with Crippen LogP contribution in [-0.4, -0.2) is 30.5 Å². The molecule has 2 aromatic carbocycles. The number of pyridine rings is 1. The highest BCUT2D eigenvalue weighted by molar-refractivity contribution is 7.92. The van der Waals surface area contributed by atoms with E-state index < -0.39 is 10.0 Å². The average Bonchev–Trinajstić information content (AvgIpc) is 3.15. The van der Waals surface area contributed by atoms with Crippen molar-refractivity contribution in [1.82, 2.24) is 9.97 Å². The number of carbonyl (C=O) groups excluding carboxylic acids is 1. The summed E-state index contributed by atoms with van der Waals surface area (Å²) in [6, 6.07) is 14.7. The van der Waals surface area contributed by atoms with Crippen molar-refractivity contribution in [3.05, 3.63) is 70.7 Å². The Morgan fingerprint density at radius 2 is 1.74 bits per heavy atom. The molecule has 7 nitrogen and oxygen atoms in total. The van der Waals surface area contributed by atoms with Crippen LogP contribution in [0, 0.1) is 13.8 Å². The van der Waals surface area contributed by atoms with Gasteiger partial charge in [0.1, 0.15) is 0 Å². The molecule has 0 atom stereocenters. The number of amides is 1. The molecule has 0 aliphatic carbocycles. The third-order valence-corrected chi connectivity index (χ3v) is 5.98. The minimum atomic E-state index is -3.33. The van der Waals surface area contributed by atoms with Gasteiger partial charge in [-0.2, -0.15) is 0 Å². The summed E-state index contributed by atoms with van der Waals surface area (Å²) in [5.41, 5.74) is 5.09. The number of nitrogens with zero attached hydrogens (tertiary/aromatic N) is 2. The van der Waals surface area contributed by atoms with Crippen LogP contribution in [0.15, 0.2) is 53.9 Å². The number of aryl methyl sites for hydroxylation is 2. The van der Waals surface area contributed by atoms with Gasteiger partial charge >= 0.3 is 0 Å². The van der Waals surface area contributed by atoms with Gasteiger partial charge in [-0.1, -0.05) is 23.8 Å². The molecule has 0 unspecified atom stereocenters. The number of nitrogens with one attached hydrogen (secondary N) is 2. The molecule has 0 saturated carbocycles. The monoisotopic (exact) mass is 452 g/mol. The lowest BCUT2D eigenvalue weighted by atomic mass is 10.1. The second-order valence-corrected chi connectivity index (χ2v) is 9.87. The van der Waals surface area contributed by atoms with Crippen molar-refractivity contribution in [1.29, 1.82) is 0 Å². The lowest BCUT2D eigenvalue weighted by Crippen LogP contribution is -2.14. The van der Waals surface area contributed by atoms with E-state index in [1.165, 1.54) is 11.3 Å². The Hall–Kier alpha value is -3.30. The van der Waals surface area contributed by atoms with E-state index in [9.17, 15) is 13.2 Å². The number of anilines is 2. The highest BCUT2D eigenvalue weighted by Crippen LogP contribution is 2.27. The Morgan fingerprint density at radius 3 is 2.45 bits per heavy atom. The Balaban J connectivity index is 1.53. The van der Waals surface area contributed by atoms with Crippen LogP contribution >= 0.6 is 11.3 Å². The van der Waals surface area contributed by atoms with Crippen LogP contribution in [0.1, 0.15) is 21.6 Å². The summed E-state index contributed by atoms with van der Waals surface area (Å²) in [7, 11) is -3.33. The summed E-state index contributed by atoms with van der Waals surface area (Å²) in [5.74, 6) is -0.262. The first-order chi connectivity index (χ1) is 14.7. The lowest BCUT2D eigenvalue weighted by Gasteiger charge is -2.08. The first-order valence-electron chi connectivity index (χ1n) is 9.41. The quantitative estimate of drug-likeness (QED) is 0.461. The van der Waals surface area contributed by atoms with Crippen molar-refractivity contribution in [2.75, 3.05) is 16.3 Å². The number of aromatic nitrogens is 2. The van der Waals surface area contributed by atoms with E-state index >= 15 is 0 Å². The molecule has 0 aliphatic heterocycles. The molecule has 0 spiro atoms. The fraction of sp³-hybridized carbons (Fsp3) is 0.136. The van der Waals surface area contributed by atoms with Gasteiger partial charge in [-0.15, -0.1) is 11.3 Å². The average molecular weight is 453 g/mol. The number of hydrogen-bond acceptors (Lipinski definition) is 6. The summed E-state index contributed by atoms with van der Waals surface area (Å²) < 4.78 is 25.1. The molecule has 2 heterocycles. The summed E-state index contributed by atoms with van der Waals surface area (Å²) in [5, 5.41) is 6.07. The second-order valence-electron chi connectivity index (χ2n) is 7.26. The minimum Gasteiger partial charge on any atom is -0.298 e. The van der Waals surface area contributed by atoms with Crippen molar-refractivity contribution in [2.24, 2.45) is 0 Å². The zero-order chi connectivity index (χ0) is 22.2. The summed E-state index contributed by atoms with van der Waals surface area (Å²) in [6.07, 6.45) is 1.10. The molecule has 4 rings (SSSR count). The topological polar surface area (TPSA) is 101 Å². The normalized spacial score (nSPS) is 11.5. The van der Waals surface area contributed by atoms with E-state index in [-0.39, 0.29) is 5.91 Å². The number of carbonyl (C=O) groups is 1. The molecule has 2 N–H and O–H groups in total. The van der Waals surface area contributed by atoms with E-state index in [1.807, 2.05) is 43.5 Å². The van der Waals surface area contributed by atoms with Crippen LogP contribution in [0.5, 0.6) is 0 Å². The highest BCUT2D eigenvalue weighted by atomic mass is 32.2.